The molecule has 0 unspecified atom stereocenters. The van der Waals surface area contributed by atoms with Crippen molar-refractivity contribution < 1.29 is 4.39 Å². The normalized spacial score (nSPS) is 10.5. The predicted octanol–water partition coefficient (Wildman–Crippen LogP) is 3.76. The highest BCUT2D eigenvalue weighted by atomic mass is 32.2. The lowest BCUT2D eigenvalue weighted by Gasteiger charge is -2.04. The van der Waals surface area contributed by atoms with E-state index in [1.54, 1.807) is 29.2 Å². The summed E-state index contributed by atoms with van der Waals surface area (Å²) in [5, 5.41) is 4.12. The molecule has 2 aromatic rings. The Morgan fingerprint density at radius 3 is 2.93 bits per heavy atom. The third-order valence-corrected chi connectivity index (χ3v) is 3.82. The lowest BCUT2D eigenvalue weighted by molar-refractivity contribution is 0.624. The summed E-state index contributed by atoms with van der Waals surface area (Å²) in [6.07, 6.45) is 0. The van der Waals surface area contributed by atoms with Crippen LogP contribution in [0.25, 0.3) is 0 Å². The smallest absolute Gasteiger partial charge is 0.124 e. The lowest BCUT2D eigenvalue weighted by Crippen LogP contribution is -1.89. The molecule has 2 rings (SSSR count). The van der Waals surface area contributed by atoms with Gasteiger partial charge in [0, 0.05) is 16.3 Å². The van der Waals surface area contributed by atoms with E-state index in [1.165, 1.54) is 17.7 Å². The number of hydrogen-bond acceptors (Lipinski definition) is 3. The van der Waals surface area contributed by atoms with Gasteiger partial charge in [-0.15, -0.1) is 11.8 Å². The van der Waals surface area contributed by atoms with Crippen molar-refractivity contribution in [1.82, 2.24) is 0 Å². The van der Waals surface area contributed by atoms with Gasteiger partial charge >= 0.3 is 0 Å². The molecule has 1 aromatic heterocycles. The van der Waals surface area contributed by atoms with Gasteiger partial charge in [0.05, 0.1) is 0 Å². The van der Waals surface area contributed by atoms with Crippen molar-refractivity contribution in [2.75, 3.05) is 5.73 Å². The number of halogens is 1. The second-order valence-corrected chi connectivity index (χ2v) is 4.90. The first kappa shape index (κ1) is 10.5. The van der Waals surface area contributed by atoms with E-state index in [0.29, 0.717) is 5.69 Å². The van der Waals surface area contributed by atoms with Crippen molar-refractivity contribution in [3.05, 3.63) is 46.4 Å². The fourth-order valence-corrected chi connectivity index (χ4v) is 2.88. The molecule has 0 bridgehead atoms. The summed E-state index contributed by atoms with van der Waals surface area (Å²) in [6.45, 7) is 0. The molecule has 0 fully saturated rings. The van der Waals surface area contributed by atoms with E-state index in [0.717, 1.165) is 10.6 Å². The SMILES string of the molecule is Nc1ccc(F)cc1SCc1ccsc1. The zero-order valence-electron chi connectivity index (χ0n) is 7.94. The van der Waals surface area contributed by atoms with Gasteiger partial charge < -0.3 is 5.73 Å². The van der Waals surface area contributed by atoms with Gasteiger partial charge in [0.2, 0.25) is 0 Å². The molecule has 4 heteroatoms. The Bertz CT molecular complexity index is 440. The van der Waals surface area contributed by atoms with Crippen LogP contribution in [0.4, 0.5) is 10.1 Å². The van der Waals surface area contributed by atoms with Crippen molar-refractivity contribution in [2.45, 2.75) is 10.6 Å². The highest BCUT2D eigenvalue weighted by Gasteiger charge is 2.02. The Morgan fingerprint density at radius 1 is 1.33 bits per heavy atom. The summed E-state index contributed by atoms with van der Waals surface area (Å²) >= 11 is 3.22. The Hall–Kier alpha value is -1.00. The number of rotatable bonds is 3. The second-order valence-electron chi connectivity index (χ2n) is 3.10. The van der Waals surface area contributed by atoms with Crippen LogP contribution in [0.2, 0.25) is 0 Å². The molecule has 1 heterocycles. The quantitative estimate of drug-likeness (QED) is 0.652. The zero-order valence-corrected chi connectivity index (χ0v) is 9.58. The van der Waals surface area contributed by atoms with Gasteiger partial charge in [-0.3, -0.25) is 0 Å². The van der Waals surface area contributed by atoms with Gasteiger partial charge in [0.25, 0.3) is 0 Å². The summed E-state index contributed by atoms with van der Waals surface area (Å²) in [7, 11) is 0. The lowest BCUT2D eigenvalue weighted by atomic mass is 10.3. The van der Waals surface area contributed by atoms with E-state index in [4.69, 9.17) is 5.73 Å². The molecule has 0 amide bonds. The van der Waals surface area contributed by atoms with Gasteiger partial charge in [-0.05, 0) is 40.6 Å². The average Bonchev–Trinajstić information content (AvgIpc) is 2.72. The molecule has 15 heavy (non-hydrogen) atoms. The summed E-state index contributed by atoms with van der Waals surface area (Å²) in [6, 6.07) is 6.52. The number of thiophene rings is 1. The molecule has 0 aliphatic heterocycles. The first-order valence-electron chi connectivity index (χ1n) is 4.44. The van der Waals surface area contributed by atoms with Crippen LogP contribution in [0.1, 0.15) is 5.56 Å². The van der Waals surface area contributed by atoms with Crippen molar-refractivity contribution in [1.29, 1.82) is 0 Å². The third-order valence-electron chi connectivity index (χ3n) is 1.95. The van der Waals surface area contributed by atoms with Gasteiger partial charge in [-0.2, -0.15) is 11.3 Å². The molecule has 1 nitrogen and oxygen atoms in total. The van der Waals surface area contributed by atoms with Crippen LogP contribution in [-0.2, 0) is 5.75 Å². The van der Waals surface area contributed by atoms with Gasteiger partial charge in [-0.1, -0.05) is 0 Å². The fraction of sp³-hybridized carbons (Fsp3) is 0.0909. The van der Waals surface area contributed by atoms with Crippen molar-refractivity contribution in [3.63, 3.8) is 0 Å². The van der Waals surface area contributed by atoms with Crippen LogP contribution in [0.5, 0.6) is 0 Å². The standard InChI is InChI=1S/C11H10FNS2/c12-9-1-2-10(13)11(5-9)15-7-8-3-4-14-6-8/h1-6H,7,13H2. The highest BCUT2D eigenvalue weighted by Crippen LogP contribution is 2.29. The molecular weight excluding hydrogens is 229 g/mol. The molecular formula is C11H10FNS2. The summed E-state index contributed by atoms with van der Waals surface area (Å²) in [4.78, 5) is 0.807. The maximum Gasteiger partial charge on any atom is 0.124 e. The maximum absolute atomic E-state index is 12.9. The molecule has 0 aliphatic carbocycles. The Balaban J connectivity index is 2.07. The summed E-state index contributed by atoms with van der Waals surface area (Å²) < 4.78 is 12.9. The van der Waals surface area contributed by atoms with Crippen molar-refractivity contribution in [3.8, 4) is 0 Å². The second kappa shape index (κ2) is 4.68. The van der Waals surface area contributed by atoms with Gasteiger partial charge in [0.1, 0.15) is 5.82 Å². The molecule has 0 saturated heterocycles. The minimum absolute atomic E-state index is 0.239. The summed E-state index contributed by atoms with van der Waals surface area (Å²) in [5.41, 5.74) is 7.62. The van der Waals surface area contributed by atoms with Crippen LogP contribution in [-0.4, -0.2) is 0 Å². The first-order chi connectivity index (χ1) is 7.25. The van der Waals surface area contributed by atoms with Crippen LogP contribution >= 0.6 is 23.1 Å². The van der Waals surface area contributed by atoms with Crippen LogP contribution in [0.3, 0.4) is 0 Å². The van der Waals surface area contributed by atoms with E-state index in [2.05, 4.69) is 11.4 Å². The van der Waals surface area contributed by atoms with E-state index in [1.807, 2.05) is 5.38 Å². The fourth-order valence-electron chi connectivity index (χ4n) is 1.17. The Kier molecular flexibility index (Phi) is 3.28. The maximum atomic E-state index is 12.9. The number of anilines is 1. The third kappa shape index (κ3) is 2.73. The number of hydrogen-bond donors (Lipinski definition) is 1. The van der Waals surface area contributed by atoms with E-state index in [9.17, 15) is 4.39 Å². The molecule has 0 atom stereocenters. The summed E-state index contributed by atoms with van der Waals surface area (Å²) in [5.74, 6) is 0.592. The average molecular weight is 239 g/mol. The first-order valence-corrected chi connectivity index (χ1v) is 6.37. The van der Waals surface area contributed by atoms with E-state index < -0.39 is 0 Å². The monoisotopic (exact) mass is 239 g/mol. The minimum Gasteiger partial charge on any atom is -0.398 e. The molecule has 0 aliphatic rings. The van der Waals surface area contributed by atoms with E-state index >= 15 is 0 Å². The van der Waals surface area contributed by atoms with Crippen LogP contribution < -0.4 is 5.73 Å². The molecule has 0 spiro atoms. The van der Waals surface area contributed by atoms with Crippen molar-refractivity contribution >= 4 is 28.8 Å². The highest BCUT2D eigenvalue weighted by molar-refractivity contribution is 7.98. The topological polar surface area (TPSA) is 26.0 Å². The molecule has 2 N–H and O–H groups in total. The van der Waals surface area contributed by atoms with Gasteiger partial charge in [0.15, 0.2) is 0 Å². The zero-order chi connectivity index (χ0) is 10.7. The van der Waals surface area contributed by atoms with E-state index in [-0.39, 0.29) is 5.82 Å². The minimum atomic E-state index is -0.239. The Morgan fingerprint density at radius 2 is 2.20 bits per heavy atom. The van der Waals surface area contributed by atoms with Crippen LogP contribution in [0.15, 0.2) is 39.9 Å². The number of nitrogens with two attached hydrogens (primary N) is 1. The van der Waals surface area contributed by atoms with Crippen molar-refractivity contribution in [2.24, 2.45) is 0 Å². The number of benzene rings is 1. The molecule has 0 radical (unpaired) electrons. The molecule has 1 aromatic carbocycles. The number of thioether (sulfide) groups is 1. The van der Waals surface area contributed by atoms with Crippen LogP contribution in [0, 0.1) is 5.82 Å². The Labute approximate surface area is 96.1 Å². The number of nitrogen functional groups attached to an aromatic ring is 1. The predicted molar refractivity (Wildman–Crippen MR) is 64.7 cm³/mol. The molecule has 78 valence electrons. The molecule has 0 saturated carbocycles. The largest absolute Gasteiger partial charge is 0.398 e. The van der Waals surface area contributed by atoms with Gasteiger partial charge in [-0.25, -0.2) is 4.39 Å².